The standard InChI is InChI=1S/C24H29N3O4/c28-22-16-31-15-21(27(22)14-20-8-4-5-13-25-20)23(29)17-9-11-19(12-10-17)26-24(30)18-6-2-1-3-7-18/h4-5,8-13,18,21,23,29H,1-3,6-7,14-16H2,(H,26,30). The summed E-state index contributed by atoms with van der Waals surface area (Å²) in [7, 11) is 0. The zero-order valence-corrected chi connectivity index (χ0v) is 17.6. The van der Waals surface area contributed by atoms with Gasteiger partial charge < -0.3 is 20.1 Å². The number of aliphatic hydroxyl groups excluding tert-OH is 1. The van der Waals surface area contributed by atoms with E-state index in [-0.39, 0.29) is 30.9 Å². The number of rotatable bonds is 6. The van der Waals surface area contributed by atoms with Gasteiger partial charge in [-0.3, -0.25) is 14.6 Å². The third kappa shape index (κ3) is 5.29. The van der Waals surface area contributed by atoms with Crippen LogP contribution in [-0.2, 0) is 20.9 Å². The number of aromatic nitrogens is 1. The minimum atomic E-state index is -0.906. The highest BCUT2D eigenvalue weighted by Crippen LogP contribution is 2.28. The van der Waals surface area contributed by atoms with Crippen molar-refractivity contribution in [2.24, 2.45) is 5.92 Å². The minimum absolute atomic E-state index is 0.00217. The second kappa shape index (κ2) is 10.0. The number of ether oxygens (including phenoxy) is 1. The molecule has 2 unspecified atom stereocenters. The van der Waals surface area contributed by atoms with Gasteiger partial charge in [0.25, 0.3) is 0 Å². The van der Waals surface area contributed by atoms with Gasteiger partial charge in [0.1, 0.15) is 12.7 Å². The van der Waals surface area contributed by atoms with Crippen molar-refractivity contribution in [3.63, 3.8) is 0 Å². The van der Waals surface area contributed by atoms with Gasteiger partial charge >= 0.3 is 0 Å². The Morgan fingerprint density at radius 1 is 1.16 bits per heavy atom. The maximum absolute atomic E-state index is 12.5. The molecule has 7 nitrogen and oxygen atoms in total. The van der Waals surface area contributed by atoms with Crippen LogP contribution in [-0.4, -0.2) is 46.1 Å². The number of hydrogen-bond acceptors (Lipinski definition) is 5. The number of amides is 2. The predicted molar refractivity (Wildman–Crippen MR) is 116 cm³/mol. The molecule has 0 radical (unpaired) electrons. The molecule has 1 saturated carbocycles. The largest absolute Gasteiger partial charge is 0.386 e. The molecular weight excluding hydrogens is 394 g/mol. The first kappa shape index (κ1) is 21.5. The molecule has 2 fully saturated rings. The number of nitrogens with one attached hydrogen (secondary N) is 1. The number of benzene rings is 1. The van der Waals surface area contributed by atoms with E-state index < -0.39 is 12.1 Å². The van der Waals surface area contributed by atoms with Gasteiger partial charge in [0.05, 0.1) is 24.9 Å². The van der Waals surface area contributed by atoms with Crippen molar-refractivity contribution in [2.45, 2.75) is 50.8 Å². The molecule has 31 heavy (non-hydrogen) atoms. The van der Waals surface area contributed by atoms with Gasteiger partial charge in [-0.15, -0.1) is 0 Å². The molecule has 2 heterocycles. The molecule has 164 valence electrons. The summed E-state index contributed by atoms with van der Waals surface area (Å²) in [5.74, 6) is -0.0114. The van der Waals surface area contributed by atoms with E-state index in [0.29, 0.717) is 17.8 Å². The van der Waals surface area contributed by atoms with Gasteiger partial charge in [0, 0.05) is 17.8 Å². The van der Waals surface area contributed by atoms with E-state index in [4.69, 9.17) is 4.74 Å². The predicted octanol–water partition coefficient (Wildman–Crippen LogP) is 3.06. The Hall–Kier alpha value is -2.77. The number of pyridine rings is 1. The minimum Gasteiger partial charge on any atom is -0.386 e. The molecule has 0 bridgehead atoms. The van der Waals surface area contributed by atoms with Crippen LogP contribution in [0.4, 0.5) is 5.69 Å². The van der Waals surface area contributed by atoms with Gasteiger partial charge in [-0.05, 0) is 42.7 Å². The van der Waals surface area contributed by atoms with Crippen LogP contribution in [0.25, 0.3) is 0 Å². The lowest BCUT2D eigenvalue weighted by Gasteiger charge is -2.38. The second-order valence-corrected chi connectivity index (χ2v) is 8.32. The van der Waals surface area contributed by atoms with Crippen LogP contribution >= 0.6 is 0 Å². The summed E-state index contributed by atoms with van der Waals surface area (Å²) in [6.07, 6.45) is 6.11. The quantitative estimate of drug-likeness (QED) is 0.745. The Balaban J connectivity index is 1.42. The molecule has 1 saturated heterocycles. The number of aliphatic hydroxyl groups is 1. The molecule has 7 heteroatoms. The molecular formula is C24H29N3O4. The molecule has 1 aromatic heterocycles. The Morgan fingerprint density at radius 2 is 1.94 bits per heavy atom. The first-order chi connectivity index (χ1) is 15.1. The average Bonchev–Trinajstić information content (AvgIpc) is 2.82. The van der Waals surface area contributed by atoms with Crippen LogP contribution in [0.2, 0.25) is 0 Å². The highest BCUT2D eigenvalue weighted by atomic mass is 16.5. The van der Waals surface area contributed by atoms with Crippen molar-refractivity contribution < 1.29 is 19.4 Å². The first-order valence-electron chi connectivity index (χ1n) is 11.0. The maximum atomic E-state index is 12.5. The zero-order valence-electron chi connectivity index (χ0n) is 17.6. The number of morpholine rings is 1. The maximum Gasteiger partial charge on any atom is 0.249 e. The molecule has 1 aromatic carbocycles. The molecule has 1 aliphatic heterocycles. The van der Waals surface area contributed by atoms with Crippen LogP contribution in [0.15, 0.2) is 48.7 Å². The Labute approximate surface area is 182 Å². The summed E-state index contributed by atoms with van der Waals surface area (Å²) in [6, 6.07) is 12.2. The van der Waals surface area contributed by atoms with Gasteiger partial charge in [0.15, 0.2) is 0 Å². The van der Waals surface area contributed by atoms with Crippen LogP contribution in [0, 0.1) is 5.92 Å². The van der Waals surface area contributed by atoms with Crippen molar-refractivity contribution in [3.8, 4) is 0 Å². The lowest BCUT2D eigenvalue weighted by Crippen LogP contribution is -2.51. The lowest BCUT2D eigenvalue weighted by atomic mass is 9.88. The van der Waals surface area contributed by atoms with Gasteiger partial charge in [-0.2, -0.15) is 0 Å². The molecule has 2 aromatic rings. The number of carbonyl (C=O) groups is 2. The van der Waals surface area contributed by atoms with E-state index in [1.807, 2.05) is 18.2 Å². The van der Waals surface area contributed by atoms with Crippen molar-refractivity contribution in [1.82, 2.24) is 9.88 Å². The van der Waals surface area contributed by atoms with Crippen LogP contribution in [0.3, 0.4) is 0 Å². The zero-order chi connectivity index (χ0) is 21.6. The van der Waals surface area contributed by atoms with E-state index in [2.05, 4.69) is 10.3 Å². The van der Waals surface area contributed by atoms with Crippen molar-refractivity contribution in [1.29, 1.82) is 0 Å². The fourth-order valence-electron chi connectivity index (χ4n) is 4.35. The van der Waals surface area contributed by atoms with Crippen molar-refractivity contribution >= 4 is 17.5 Å². The van der Waals surface area contributed by atoms with Gasteiger partial charge in [-0.25, -0.2) is 0 Å². The average molecular weight is 424 g/mol. The molecule has 2 atom stereocenters. The van der Waals surface area contributed by atoms with Gasteiger partial charge in [0.2, 0.25) is 11.8 Å². The Kier molecular flexibility index (Phi) is 6.94. The number of carbonyl (C=O) groups excluding carboxylic acids is 2. The summed E-state index contributed by atoms with van der Waals surface area (Å²) in [4.78, 5) is 30.9. The van der Waals surface area contributed by atoms with Crippen LogP contribution in [0.1, 0.15) is 49.5 Å². The highest BCUT2D eigenvalue weighted by Gasteiger charge is 2.35. The summed E-state index contributed by atoms with van der Waals surface area (Å²) in [5.41, 5.74) is 2.15. The Bertz CT molecular complexity index is 881. The van der Waals surface area contributed by atoms with Crippen LogP contribution < -0.4 is 5.32 Å². The normalized spacial score (nSPS) is 21.0. The fraction of sp³-hybridized carbons (Fsp3) is 0.458. The van der Waals surface area contributed by atoms with Crippen molar-refractivity contribution in [3.05, 3.63) is 59.9 Å². The molecule has 2 N–H and O–H groups in total. The van der Waals surface area contributed by atoms with Crippen LogP contribution in [0.5, 0.6) is 0 Å². The molecule has 2 aliphatic rings. The van der Waals surface area contributed by atoms with Gasteiger partial charge in [-0.1, -0.05) is 37.5 Å². The summed E-state index contributed by atoms with van der Waals surface area (Å²) < 4.78 is 5.42. The lowest BCUT2D eigenvalue weighted by molar-refractivity contribution is -0.155. The highest BCUT2D eigenvalue weighted by molar-refractivity contribution is 5.92. The van der Waals surface area contributed by atoms with E-state index in [0.717, 1.165) is 31.4 Å². The number of anilines is 1. The van der Waals surface area contributed by atoms with E-state index >= 15 is 0 Å². The van der Waals surface area contributed by atoms with E-state index in [9.17, 15) is 14.7 Å². The molecule has 4 rings (SSSR count). The summed E-state index contributed by atoms with van der Waals surface area (Å²) in [5, 5.41) is 14.0. The third-order valence-corrected chi connectivity index (χ3v) is 6.15. The summed E-state index contributed by atoms with van der Waals surface area (Å²) >= 11 is 0. The number of nitrogens with zero attached hydrogens (tertiary/aromatic N) is 2. The topological polar surface area (TPSA) is 91.8 Å². The van der Waals surface area contributed by atoms with E-state index in [1.165, 1.54) is 6.42 Å². The smallest absolute Gasteiger partial charge is 0.249 e. The molecule has 0 spiro atoms. The third-order valence-electron chi connectivity index (χ3n) is 6.15. The van der Waals surface area contributed by atoms with Crippen molar-refractivity contribution in [2.75, 3.05) is 18.5 Å². The molecule has 2 amide bonds. The second-order valence-electron chi connectivity index (χ2n) is 8.32. The Morgan fingerprint density at radius 3 is 2.65 bits per heavy atom. The molecule has 1 aliphatic carbocycles. The van der Waals surface area contributed by atoms with E-state index in [1.54, 1.807) is 35.4 Å². The number of hydrogen-bond donors (Lipinski definition) is 2. The SMILES string of the molecule is O=C(Nc1ccc(C(O)C2COCC(=O)N2Cc2ccccn2)cc1)C1CCCCC1. The first-order valence-corrected chi connectivity index (χ1v) is 11.0. The fourth-order valence-corrected chi connectivity index (χ4v) is 4.35. The summed E-state index contributed by atoms with van der Waals surface area (Å²) in [6.45, 7) is 0.572. The monoisotopic (exact) mass is 423 g/mol.